The Labute approximate surface area is 103 Å². The van der Waals surface area contributed by atoms with Crippen LogP contribution in [0.1, 0.15) is 0 Å². The Bertz CT molecular complexity index is 520. The zero-order valence-electron chi connectivity index (χ0n) is 8.18. The maximum Gasteiger partial charge on any atom is 0.153 e. The minimum Gasteiger partial charge on any atom is -0.396 e. The summed E-state index contributed by atoms with van der Waals surface area (Å²) in [7, 11) is 0. The van der Waals surface area contributed by atoms with Crippen molar-refractivity contribution in [3.05, 3.63) is 52.3 Å². The number of rotatable bonds is 1. The first-order valence-corrected chi connectivity index (χ1v) is 5.35. The predicted molar refractivity (Wildman–Crippen MR) is 66.3 cm³/mol. The van der Waals surface area contributed by atoms with Crippen molar-refractivity contribution in [3.63, 3.8) is 0 Å². The first kappa shape index (κ1) is 11.2. The van der Waals surface area contributed by atoms with Crippen molar-refractivity contribution in [1.82, 2.24) is 0 Å². The molecule has 0 fully saturated rings. The molecule has 0 amide bonds. The van der Waals surface area contributed by atoms with E-state index in [2.05, 4.69) is 0 Å². The van der Waals surface area contributed by atoms with Gasteiger partial charge in [0.05, 0.1) is 5.69 Å². The summed E-state index contributed by atoms with van der Waals surface area (Å²) in [6.07, 6.45) is 0. The first-order chi connectivity index (χ1) is 7.61. The van der Waals surface area contributed by atoms with E-state index in [0.717, 1.165) is 0 Å². The van der Waals surface area contributed by atoms with Crippen LogP contribution in [0.3, 0.4) is 0 Å². The third kappa shape index (κ3) is 1.86. The van der Waals surface area contributed by atoms with Gasteiger partial charge in [-0.25, -0.2) is 4.39 Å². The maximum absolute atomic E-state index is 13.8. The highest BCUT2D eigenvalue weighted by Gasteiger charge is 2.13. The molecule has 2 aromatic carbocycles. The third-order valence-corrected chi connectivity index (χ3v) is 2.89. The Morgan fingerprint density at radius 1 is 0.938 bits per heavy atom. The molecule has 2 N–H and O–H groups in total. The van der Waals surface area contributed by atoms with Gasteiger partial charge in [-0.15, -0.1) is 0 Å². The predicted octanol–water partition coefficient (Wildman–Crippen LogP) is 4.38. The average Bonchev–Trinajstić information content (AvgIpc) is 2.24. The summed E-state index contributed by atoms with van der Waals surface area (Å²) in [4.78, 5) is 0. The lowest BCUT2D eigenvalue weighted by Crippen LogP contribution is -1.93. The fourth-order valence-corrected chi connectivity index (χ4v) is 2.10. The Morgan fingerprint density at radius 3 is 2.12 bits per heavy atom. The van der Waals surface area contributed by atoms with Gasteiger partial charge in [0.15, 0.2) is 5.82 Å². The van der Waals surface area contributed by atoms with E-state index in [4.69, 9.17) is 28.9 Å². The van der Waals surface area contributed by atoms with E-state index in [1.165, 1.54) is 6.07 Å². The summed E-state index contributed by atoms with van der Waals surface area (Å²) in [5, 5.41) is 0.800. The van der Waals surface area contributed by atoms with Crippen LogP contribution >= 0.6 is 23.2 Å². The average molecular weight is 256 g/mol. The van der Waals surface area contributed by atoms with Gasteiger partial charge in [0.1, 0.15) is 0 Å². The number of halogens is 3. The highest BCUT2D eigenvalue weighted by molar-refractivity contribution is 6.39. The van der Waals surface area contributed by atoms with E-state index in [9.17, 15) is 4.39 Å². The molecule has 82 valence electrons. The van der Waals surface area contributed by atoms with Crippen LogP contribution in [0.5, 0.6) is 0 Å². The summed E-state index contributed by atoms with van der Waals surface area (Å²) in [5.74, 6) is -0.502. The Morgan fingerprint density at radius 2 is 1.50 bits per heavy atom. The molecule has 0 bridgehead atoms. The zero-order valence-corrected chi connectivity index (χ0v) is 9.69. The summed E-state index contributed by atoms with van der Waals surface area (Å²) in [6, 6.07) is 9.77. The molecule has 0 heterocycles. The molecule has 0 spiro atoms. The number of hydrogen-bond donors (Lipinski definition) is 1. The van der Waals surface area contributed by atoms with Crippen LogP contribution in [-0.2, 0) is 0 Å². The van der Waals surface area contributed by atoms with Gasteiger partial charge in [0.2, 0.25) is 0 Å². The quantitative estimate of drug-likeness (QED) is 0.752. The molecular formula is C12H8Cl2FN. The summed E-state index contributed by atoms with van der Waals surface area (Å²) < 4.78 is 13.8. The SMILES string of the molecule is Nc1cccc(-c2c(Cl)cccc2Cl)c1F. The number of benzene rings is 2. The smallest absolute Gasteiger partial charge is 0.153 e. The van der Waals surface area contributed by atoms with Crippen LogP contribution in [0.4, 0.5) is 10.1 Å². The Kier molecular flexibility index (Phi) is 3.03. The van der Waals surface area contributed by atoms with Crippen molar-refractivity contribution in [2.45, 2.75) is 0 Å². The van der Waals surface area contributed by atoms with Gasteiger partial charge in [0.25, 0.3) is 0 Å². The van der Waals surface area contributed by atoms with E-state index in [1.807, 2.05) is 0 Å². The lowest BCUT2D eigenvalue weighted by atomic mass is 10.0. The van der Waals surface area contributed by atoms with Crippen molar-refractivity contribution in [2.24, 2.45) is 0 Å². The monoisotopic (exact) mass is 255 g/mol. The topological polar surface area (TPSA) is 26.0 Å². The Balaban J connectivity index is 2.73. The number of nitrogen functional groups attached to an aromatic ring is 1. The molecule has 0 aliphatic heterocycles. The fraction of sp³-hybridized carbons (Fsp3) is 0. The number of anilines is 1. The largest absolute Gasteiger partial charge is 0.396 e. The van der Waals surface area contributed by atoms with Crippen LogP contribution in [0, 0.1) is 5.82 Å². The van der Waals surface area contributed by atoms with E-state index < -0.39 is 5.82 Å². The van der Waals surface area contributed by atoms with E-state index >= 15 is 0 Å². The molecule has 1 nitrogen and oxygen atoms in total. The van der Waals surface area contributed by atoms with Crippen LogP contribution in [-0.4, -0.2) is 0 Å². The third-order valence-electron chi connectivity index (χ3n) is 2.26. The molecule has 0 unspecified atom stereocenters. The van der Waals surface area contributed by atoms with Gasteiger partial charge < -0.3 is 5.73 Å². The fourth-order valence-electron chi connectivity index (χ4n) is 1.50. The van der Waals surface area contributed by atoms with Gasteiger partial charge >= 0.3 is 0 Å². The lowest BCUT2D eigenvalue weighted by molar-refractivity contribution is 0.636. The summed E-state index contributed by atoms with van der Waals surface area (Å²) >= 11 is 12.0. The molecule has 4 heteroatoms. The molecule has 0 saturated carbocycles. The van der Waals surface area contributed by atoms with Crippen molar-refractivity contribution in [3.8, 4) is 11.1 Å². The number of hydrogen-bond acceptors (Lipinski definition) is 1. The van der Waals surface area contributed by atoms with Gasteiger partial charge in [-0.2, -0.15) is 0 Å². The molecule has 0 aliphatic carbocycles. The van der Waals surface area contributed by atoms with Gasteiger partial charge in [-0.3, -0.25) is 0 Å². The molecular weight excluding hydrogens is 248 g/mol. The Hall–Kier alpha value is -1.25. The van der Waals surface area contributed by atoms with E-state index in [1.54, 1.807) is 30.3 Å². The second kappa shape index (κ2) is 4.32. The molecule has 2 rings (SSSR count). The zero-order chi connectivity index (χ0) is 11.7. The normalized spacial score (nSPS) is 10.4. The molecule has 0 aliphatic rings. The first-order valence-electron chi connectivity index (χ1n) is 4.59. The minimum absolute atomic E-state index is 0.0773. The molecule has 2 aromatic rings. The molecule has 0 saturated heterocycles. The van der Waals surface area contributed by atoms with Crippen LogP contribution in [0.2, 0.25) is 10.0 Å². The van der Waals surface area contributed by atoms with Gasteiger partial charge in [0, 0.05) is 21.2 Å². The second-order valence-corrected chi connectivity index (χ2v) is 4.12. The van der Waals surface area contributed by atoms with Crippen LogP contribution in [0.25, 0.3) is 11.1 Å². The van der Waals surface area contributed by atoms with Crippen molar-refractivity contribution < 1.29 is 4.39 Å². The second-order valence-electron chi connectivity index (χ2n) is 3.31. The highest BCUT2D eigenvalue weighted by atomic mass is 35.5. The van der Waals surface area contributed by atoms with Crippen molar-refractivity contribution in [1.29, 1.82) is 0 Å². The lowest BCUT2D eigenvalue weighted by Gasteiger charge is -2.09. The summed E-state index contributed by atoms with van der Waals surface area (Å²) in [6.45, 7) is 0. The van der Waals surface area contributed by atoms with Crippen molar-refractivity contribution >= 4 is 28.9 Å². The van der Waals surface area contributed by atoms with Gasteiger partial charge in [-0.05, 0) is 18.2 Å². The highest BCUT2D eigenvalue weighted by Crippen LogP contribution is 2.37. The van der Waals surface area contributed by atoms with E-state index in [-0.39, 0.29) is 5.69 Å². The molecule has 0 radical (unpaired) electrons. The van der Waals surface area contributed by atoms with E-state index in [0.29, 0.717) is 21.2 Å². The maximum atomic E-state index is 13.8. The standard InChI is InChI=1S/C12H8Cl2FN/c13-8-4-2-5-9(14)11(8)7-3-1-6-10(16)12(7)15/h1-6H,16H2. The molecule has 0 aromatic heterocycles. The van der Waals surface area contributed by atoms with Gasteiger partial charge in [-0.1, -0.05) is 41.4 Å². The minimum atomic E-state index is -0.502. The molecule has 16 heavy (non-hydrogen) atoms. The summed E-state index contributed by atoms with van der Waals surface area (Å²) in [5.41, 5.74) is 6.36. The molecule has 0 atom stereocenters. The van der Waals surface area contributed by atoms with Crippen LogP contribution in [0.15, 0.2) is 36.4 Å². The van der Waals surface area contributed by atoms with Crippen LogP contribution < -0.4 is 5.73 Å². The number of nitrogens with two attached hydrogens (primary N) is 1. The van der Waals surface area contributed by atoms with Crippen molar-refractivity contribution in [2.75, 3.05) is 5.73 Å².